The number of aryl methyl sites for hydroxylation is 1. The summed E-state index contributed by atoms with van der Waals surface area (Å²) in [5.74, 6) is 2.24. The van der Waals surface area contributed by atoms with Crippen molar-refractivity contribution in [3.8, 4) is 16.5 Å². The maximum Gasteiger partial charge on any atom is 0.237 e. The molecule has 0 bridgehead atoms. The van der Waals surface area contributed by atoms with Gasteiger partial charge in [-0.3, -0.25) is 9.36 Å². The van der Waals surface area contributed by atoms with Crippen LogP contribution in [-0.2, 0) is 11.2 Å². The van der Waals surface area contributed by atoms with Crippen LogP contribution in [0.3, 0.4) is 0 Å². The highest BCUT2D eigenvalue weighted by Crippen LogP contribution is 2.42. The summed E-state index contributed by atoms with van der Waals surface area (Å²) in [6, 6.07) is 10.5. The van der Waals surface area contributed by atoms with Crippen LogP contribution in [0.5, 0.6) is 5.75 Å². The number of methoxy groups -OCH3 is 1. The smallest absolute Gasteiger partial charge is 0.237 e. The van der Waals surface area contributed by atoms with Crippen molar-refractivity contribution in [2.75, 3.05) is 24.3 Å². The molecule has 3 aromatic rings. The van der Waals surface area contributed by atoms with E-state index in [9.17, 15) is 4.79 Å². The molecule has 1 amide bonds. The van der Waals surface area contributed by atoms with Crippen LogP contribution in [-0.4, -0.2) is 40.1 Å². The molecule has 1 saturated carbocycles. The number of fused-ring (bicyclic) bond motifs is 1. The fourth-order valence-corrected chi connectivity index (χ4v) is 5.36. The third-order valence-electron chi connectivity index (χ3n) is 5.35. The number of carbonyl (C=O) groups excluding carboxylic acids is 1. The Balaban J connectivity index is 1.33. The lowest BCUT2D eigenvalue weighted by atomic mass is 10.0. The second kappa shape index (κ2) is 7.84. The highest BCUT2D eigenvalue weighted by molar-refractivity contribution is 7.99. The van der Waals surface area contributed by atoms with E-state index in [1.54, 1.807) is 18.4 Å². The van der Waals surface area contributed by atoms with E-state index in [0.29, 0.717) is 11.8 Å². The molecule has 2 aromatic heterocycles. The topological polar surface area (TPSA) is 60.2 Å². The molecule has 0 radical (unpaired) electrons. The Morgan fingerprint density at radius 1 is 1.31 bits per heavy atom. The van der Waals surface area contributed by atoms with Gasteiger partial charge in [-0.15, -0.1) is 21.5 Å². The Hall–Kier alpha value is -2.32. The van der Waals surface area contributed by atoms with E-state index in [1.165, 1.54) is 17.3 Å². The maximum atomic E-state index is 13.0. The third kappa shape index (κ3) is 3.67. The van der Waals surface area contributed by atoms with Crippen molar-refractivity contribution < 1.29 is 9.53 Å². The molecule has 1 aliphatic carbocycles. The number of thiophene rings is 1. The number of thioether (sulfide) groups is 1. The van der Waals surface area contributed by atoms with E-state index in [0.717, 1.165) is 59.5 Å². The number of hydrogen-bond donors (Lipinski definition) is 0. The number of aromatic nitrogens is 3. The molecule has 0 spiro atoms. The second-order valence-corrected chi connectivity index (χ2v) is 9.21. The van der Waals surface area contributed by atoms with Gasteiger partial charge in [-0.1, -0.05) is 17.8 Å². The van der Waals surface area contributed by atoms with Crippen molar-refractivity contribution in [1.29, 1.82) is 0 Å². The Morgan fingerprint density at radius 2 is 2.21 bits per heavy atom. The van der Waals surface area contributed by atoms with Crippen molar-refractivity contribution in [3.05, 3.63) is 41.3 Å². The van der Waals surface area contributed by atoms with Crippen LogP contribution < -0.4 is 9.64 Å². The van der Waals surface area contributed by atoms with Crippen molar-refractivity contribution in [1.82, 2.24) is 14.8 Å². The van der Waals surface area contributed by atoms with Gasteiger partial charge >= 0.3 is 0 Å². The molecular formula is C21H22N4O2S2. The van der Waals surface area contributed by atoms with Gasteiger partial charge in [0, 0.05) is 18.3 Å². The predicted molar refractivity (Wildman–Crippen MR) is 116 cm³/mol. The summed E-state index contributed by atoms with van der Waals surface area (Å²) in [4.78, 5) is 16.1. The molecule has 0 saturated heterocycles. The fourth-order valence-electron chi connectivity index (χ4n) is 3.77. The summed E-state index contributed by atoms with van der Waals surface area (Å²) in [5, 5.41) is 11.7. The molecule has 1 fully saturated rings. The first kappa shape index (κ1) is 18.7. The quantitative estimate of drug-likeness (QED) is 0.546. The molecular weight excluding hydrogens is 404 g/mol. The van der Waals surface area contributed by atoms with Crippen molar-refractivity contribution in [2.45, 2.75) is 36.9 Å². The number of anilines is 1. The van der Waals surface area contributed by atoms with Crippen LogP contribution in [0, 0.1) is 0 Å². The molecule has 150 valence electrons. The highest BCUT2D eigenvalue weighted by Gasteiger charge is 2.31. The zero-order chi connectivity index (χ0) is 19.8. The predicted octanol–water partition coefficient (Wildman–Crippen LogP) is 4.42. The zero-order valence-electron chi connectivity index (χ0n) is 16.2. The lowest BCUT2D eigenvalue weighted by Crippen LogP contribution is -2.36. The minimum Gasteiger partial charge on any atom is -0.497 e. The lowest BCUT2D eigenvalue weighted by Gasteiger charge is -2.29. The van der Waals surface area contributed by atoms with E-state index in [4.69, 9.17) is 4.74 Å². The van der Waals surface area contributed by atoms with Crippen LogP contribution >= 0.6 is 23.1 Å². The number of rotatable bonds is 6. The molecule has 29 heavy (non-hydrogen) atoms. The summed E-state index contributed by atoms with van der Waals surface area (Å²) >= 11 is 3.17. The molecule has 0 unspecified atom stereocenters. The van der Waals surface area contributed by atoms with Crippen LogP contribution in [0.4, 0.5) is 5.69 Å². The number of carbonyl (C=O) groups is 1. The molecule has 0 atom stereocenters. The van der Waals surface area contributed by atoms with E-state index < -0.39 is 0 Å². The van der Waals surface area contributed by atoms with Gasteiger partial charge in [-0.25, -0.2) is 0 Å². The van der Waals surface area contributed by atoms with E-state index in [2.05, 4.69) is 26.2 Å². The molecule has 1 aromatic carbocycles. The third-order valence-corrected chi connectivity index (χ3v) is 7.14. The molecule has 0 N–H and O–H groups in total. The number of nitrogens with zero attached hydrogens (tertiary/aromatic N) is 4. The molecule has 6 nitrogen and oxygen atoms in total. The van der Waals surface area contributed by atoms with Gasteiger partial charge in [0.05, 0.1) is 17.7 Å². The first-order valence-corrected chi connectivity index (χ1v) is 11.7. The highest BCUT2D eigenvalue weighted by atomic mass is 32.2. The summed E-state index contributed by atoms with van der Waals surface area (Å²) in [6.07, 6.45) is 4.25. The number of hydrogen-bond acceptors (Lipinski definition) is 6. The zero-order valence-corrected chi connectivity index (χ0v) is 17.8. The average Bonchev–Trinajstić information content (AvgIpc) is 3.27. The number of amides is 1. The van der Waals surface area contributed by atoms with Crippen molar-refractivity contribution in [2.24, 2.45) is 0 Å². The Bertz CT molecular complexity index is 1030. The van der Waals surface area contributed by atoms with Crippen LogP contribution in [0.1, 0.15) is 30.9 Å². The Morgan fingerprint density at radius 3 is 2.97 bits per heavy atom. The largest absolute Gasteiger partial charge is 0.497 e. The normalized spacial score (nSPS) is 16.0. The Labute approximate surface area is 177 Å². The minimum atomic E-state index is 0.115. The van der Waals surface area contributed by atoms with Gasteiger partial charge in [0.15, 0.2) is 11.0 Å². The van der Waals surface area contributed by atoms with Gasteiger partial charge in [0.25, 0.3) is 0 Å². The number of ether oxygens (including phenoxy) is 1. The fraction of sp³-hybridized carbons (Fsp3) is 0.381. The summed E-state index contributed by atoms with van der Waals surface area (Å²) in [7, 11) is 1.67. The van der Waals surface area contributed by atoms with Crippen LogP contribution in [0.25, 0.3) is 10.7 Å². The minimum absolute atomic E-state index is 0.115. The van der Waals surface area contributed by atoms with E-state index in [-0.39, 0.29) is 5.91 Å². The number of benzene rings is 1. The van der Waals surface area contributed by atoms with E-state index >= 15 is 0 Å². The first-order chi connectivity index (χ1) is 14.2. The maximum absolute atomic E-state index is 13.0. The summed E-state index contributed by atoms with van der Waals surface area (Å²) < 4.78 is 7.55. The van der Waals surface area contributed by atoms with Gasteiger partial charge < -0.3 is 9.64 Å². The summed E-state index contributed by atoms with van der Waals surface area (Å²) in [5.41, 5.74) is 2.18. The van der Waals surface area contributed by atoms with Gasteiger partial charge in [-0.05, 0) is 60.9 Å². The van der Waals surface area contributed by atoms with Crippen LogP contribution in [0.15, 0.2) is 40.9 Å². The molecule has 2 aliphatic rings. The molecule has 5 rings (SSSR count). The monoisotopic (exact) mass is 426 g/mol. The first-order valence-electron chi connectivity index (χ1n) is 9.83. The SMILES string of the molecule is COc1ccc2c(c1)CCCN2C(=O)CSc1nnc(-c2cccs2)n1C1CC1. The average molecular weight is 427 g/mol. The van der Waals surface area contributed by atoms with Crippen molar-refractivity contribution in [3.63, 3.8) is 0 Å². The Kier molecular flexibility index (Phi) is 5.05. The molecule has 8 heteroatoms. The molecule has 1 aliphatic heterocycles. The van der Waals surface area contributed by atoms with Gasteiger partial charge in [-0.2, -0.15) is 0 Å². The lowest BCUT2D eigenvalue weighted by molar-refractivity contribution is -0.116. The van der Waals surface area contributed by atoms with Crippen LogP contribution in [0.2, 0.25) is 0 Å². The van der Waals surface area contributed by atoms with Gasteiger partial charge in [0.1, 0.15) is 5.75 Å². The van der Waals surface area contributed by atoms with E-state index in [1.807, 2.05) is 29.2 Å². The van der Waals surface area contributed by atoms with Gasteiger partial charge in [0.2, 0.25) is 5.91 Å². The van der Waals surface area contributed by atoms with Crippen molar-refractivity contribution >= 4 is 34.7 Å². The summed E-state index contributed by atoms with van der Waals surface area (Å²) in [6.45, 7) is 0.758. The standard InChI is InChI=1S/C21H22N4O2S2/c1-27-16-8-9-17-14(12-16)4-2-10-24(17)19(26)13-29-21-23-22-20(18-5-3-11-28-18)25(21)15-6-7-15/h3,5,8-9,11-12,15H,2,4,6-7,10,13H2,1H3. The molecule has 3 heterocycles. The second-order valence-electron chi connectivity index (χ2n) is 7.32.